The number of sulfonamides is 1. The van der Waals surface area contributed by atoms with Crippen LogP contribution in [0.5, 0.6) is 0 Å². The van der Waals surface area contributed by atoms with Crippen LogP contribution in [-0.4, -0.2) is 58.0 Å². The maximum Gasteiger partial charge on any atom is 0.241 e. The highest BCUT2D eigenvalue weighted by molar-refractivity contribution is 7.89. The molecule has 8 heteroatoms. The molecular weight excluding hydrogens is 340 g/mol. The summed E-state index contributed by atoms with van der Waals surface area (Å²) in [5.41, 5.74) is 1.66. The third-order valence-corrected chi connectivity index (χ3v) is 6.05. The molecule has 2 unspecified atom stereocenters. The van der Waals surface area contributed by atoms with E-state index in [2.05, 4.69) is 10.2 Å². The van der Waals surface area contributed by atoms with E-state index in [1.165, 1.54) is 6.07 Å². The average molecular weight is 366 g/mol. The predicted molar refractivity (Wildman–Crippen MR) is 97.0 cm³/mol. The Kier molecular flexibility index (Phi) is 5.15. The van der Waals surface area contributed by atoms with Crippen LogP contribution in [0.15, 0.2) is 23.1 Å². The van der Waals surface area contributed by atoms with Crippen molar-refractivity contribution in [2.24, 2.45) is 5.14 Å². The van der Waals surface area contributed by atoms with Crippen molar-refractivity contribution in [2.45, 2.75) is 43.2 Å². The molecule has 0 saturated carbocycles. The number of anilines is 1. The molecule has 1 fully saturated rings. The van der Waals surface area contributed by atoms with E-state index < -0.39 is 10.0 Å². The van der Waals surface area contributed by atoms with E-state index in [-0.39, 0.29) is 16.8 Å². The minimum Gasteiger partial charge on any atom is -0.316 e. The number of carbonyl (C=O) groups is 1. The van der Waals surface area contributed by atoms with E-state index in [4.69, 9.17) is 5.14 Å². The van der Waals surface area contributed by atoms with Crippen molar-refractivity contribution in [3.05, 3.63) is 23.8 Å². The van der Waals surface area contributed by atoms with Gasteiger partial charge < -0.3 is 10.2 Å². The Morgan fingerprint density at radius 3 is 2.84 bits per heavy atom. The van der Waals surface area contributed by atoms with Crippen molar-refractivity contribution >= 4 is 21.6 Å². The summed E-state index contributed by atoms with van der Waals surface area (Å²) < 4.78 is 23.1. The number of hydrogen-bond acceptors (Lipinski definition) is 5. The second kappa shape index (κ2) is 7.03. The monoisotopic (exact) mass is 366 g/mol. The Bertz CT molecular complexity index is 765. The molecule has 25 heavy (non-hydrogen) atoms. The molecule has 0 aliphatic carbocycles. The number of nitrogens with one attached hydrogen (secondary N) is 1. The number of likely N-dealkylation sites (tertiary alicyclic amines) is 1. The molecule has 1 saturated heterocycles. The van der Waals surface area contributed by atoms with Crippen LogP contribution in [-0.2, 0) is 21.2 Å². The fourth-order valence-electron chi connectivity index (χ4n) is 3.87. The smallest absolute Gasteiger partial charge is 0.241 e. The Morgan fingerprint density at radius 2 is 2.16 bits per heavy atom. The molecule has 0 aromatic heterocycles. The number of amides is 1. The highest BCUT2D eigenvalue weighted by atomic mass is 32.2. The zero-order valence-corrected chi connectivity index (χ0v) is 15.6. The number of fused-ring (bicyclic) bond motifs is 1. The highest BCUT2D eigenvalue weighted by Gasteiger charge is 2.33. The van der Waals surface area contributed by atoms with Crippen molar-refractivity contribution in [3.63, 3.8) is 0 Å². The van der Waals surface area contributed by atoms with Gasteiger partial charge in [0.05, 0.1) is 11.4 Å². The summed E-state index contributed by atoms with van der Waals surface area (Å²) in [6.45, 7) is 4.19. The van der Waals surface area contributed by atoms with Gasteiger partial charge in [0.25, 0.3) is 0 Å². The van der Waals surface area contributed by atoms with Crippen LogP contribution in [0.25, 0.3) is 0 Å². The lowest BCUT2D eigenvalue weighted by Crippen LogP contribution is -2.49. The van der Waals surface area contributed by atoms with E-state index in [0.717, 1.165) is 37.2 Å². The van der Waals surface area contributed by atoms with Crippen molar-refractivity contribution in [1.29, 1.82) is 0 Å². The lowest BCUT2D eigenvalue weighted by Gasteiger charge is -2.33. The number of piperidine rings is 1. The molecule has 2 heterocycles. The number of nitrogens with two attached hydrogens (primary N) is 1. The topological polar surface area (TPSA) is 95.7 Å². The minimum absolute atomic E-state index is 0.0168. The zero-order chi connectivity index (χ0) is 18.2. The summed E-state index contributed by atoms with van der Waals surface area (Å²) in [5.74, 6) is 0.0614. The fourth-order valence-corrected chi connectivity index (χ4v) is 4.43. The van der Waals surface area contributed by atoms with Gasteiger partial charge in [-0.05, 0) is 63.5 Å². The number of benzene rings is 1. The van der Waals surface area contributed by atoms with Gasteiger partial charge in [-0.1, -0.05) is 0 Å². The van der Waals surface area contributed by atoms with E-state index in [9.17, 15) is 13.2 Å². The molecule has 1 aromatic rings. The fraction of sp³-hybridized carbons (Fsp3) is 0.588. The molecule has 138 valence electrons. The number of rotatable bonds is 4. The van der Waals surface area contributed by atoms with E-state index >= 15 is 0 Å². The van der Waals surface area contributed by atoms with Crippen LogP contribution in [0.4, 0.5) is 5.69 Å². The van der Waals surface area contributed by atoms with Gasteiger partial charge >= 0.3 is 0 Å². The molecule has 2 aliphatic heterocycles. The van der Waals surface area contributed by atoms with Gasteiger partial charge in [0, 0.05) is 24.3 Å². The Hall–Kier alpha value is -1.48. The first-order valence-electron chi connectivity index (χ1n) is 8.67. The zero-order valence-electron chi connectivity index (χ0n) is 14.7. The Labute approximate surface area is 149 Å². The summed E-state index contributed by atoms with van der Waals surface area (Å²) in [6, 6.07) is 5.21. The maximum absolute atomic E-state index is 12.9. The van der Waals surface area contributed by atoms with Gasteiger partial charge in [0.1, 0.15) is 0 Å². The number of nitrogens with zero attached hydrogens (tertiary/aromatic N) is 2. The van der Waals surface area contributed by atoms with Crippen LogP contribution < -0.4 is 15.4 Å². The van der Waals surface area contributed by atoms with Gasteiger partial charge in [0.15, 0.2) is 0 Å². The Balaban J connectivity index is 1.76. The highest BCUT2D eigenvalue weighted by Crippen LogP contribution is 2.34. The number of primary sulfonamides is 1. The van der Waals surface area contributed by atoms with Crippen molar-refractivity contribution in [3.8, 4) is 0 Å². The van der Waals surface area contributed by atoms with Gasteiger partial charge in [-0.25, -0.2) is 13.6 Å². The largest absolute Gasteiger partial charge is 0.316 e. The molecule has 3 N–H and O–H groups in total. The number of likely N-dealkylation sites (N-methyl/N-ethyl adjacent to an activating group) is 1. The van der Waals surface area contributed by atoms with Crippen molar-refractivity contribution < 1.29 is 13.2 Å². The molecule has 0 spiro atoms. The molecule has 7 nitrogen and oxygen atoms in total. The molecule has 1 amide bonds. The molecule has 3 rings (SSSR count). The normalized spacial score (nSPS) is 24.4. The maximum atomic E-state index is 12.9. The molecule has 2 atom stereocenters. The first-order valence-corrected chi connectivity index (χ1v) is 10.2. The predicted octanol–water partition coefficient (Wildman–Crippen LogP) is 0.295. The first kappa shape index (κ1) is 18.3. The van der Waals surface area contributed by atoms with Crippen LogP contribution in [0, 0.1) is 0 Å². The van der Waals surface area contributed by atoms with Gasteiger partial charge in [-0.15, -0.1) is 0 Å². The molecule has 1 aromatic carbocycles. The standard InChI is InChI=1S/C17H26N4O3S/c1-12-8-13-9-15(25(18,23)24)5-6-16(13)21(12)17(22)11-20-7-3-4-14(10-20)19-2/h5-6,9,12,14,19H,3-4,7-8,10-11H2,1-2H3,(H2,18,23,24). The van der Waals surface area contributed by atoms with E-state index in [1.807, 2.05) is 14.0 Å². The minimum atomic E-state index is -3.73. The van der Waals surface area contributed by atoms with Gasteiger partial charge in [-0.2, -0.15) is 0 Å². The Morgan fingerprint density at radius 1 is 1.40 bits per heavy atom. The second-order valence-corrected chi connectivity index (χ2v) is 8.58. The van der Waals surface area contributed by atoms with E-state index in [0.29, 0.717) is 19.0 Å². The summed E-state index contributed by atoms with van der Waals surface area (Å²) in [4.78, 5) is 17.0. The second-order valence-electron chi connectivity index (χ2n) is 7.02. The van der Waals surface area contributed by atoms with Crippen molar-refractivity contribution in [1.82, 2.24) is 10.2 Å². The summed E-state index contributed by atoms with van der Waals surface area (Å²) >= 11 is 0. The third-order valence-electron chi connectivity index (χ3n) is 5.14. The molecule has 0 radical (unpaired) electrons. The first-order chi connectivity index (χ1) is 11.8. The molecular formula is C17H26N4O3S. The van der Waals surface area contributed by atoms with Crippen LogP contribution in [0.3, 0.4) is 0 Å². The summed E-state index contributed by atoms with van der Waals surface area (Å²) in [6.07, 6.45) is 2.87. The molecule has 2 aliphatic rings. The summed E-state index contributed by atoms with van der Waals surface area (Å²) in [7, 11) is -1.77. The van der Waals surface area contributed by atoms with Gasteiger partial charge in [0.2, 0.25) is 15.9 Å². The van der Waals surface area contributed by atoms with Gasteiger partial charge in [-0.3, -0.25) is 9.69 Å². The lowest BCUT2D eigenvalue weighted by atomic mass is 10.1. The quantitative estimate of drug-likeness (QED) is 0.799. The average Bonchev–Trinajstić information content (AvgIpc) is 2.89. The summed E-state index contributed by atoms with van der Waals surface area (Å²) in [5, 5.41) is 8.50. The SMILES string of the molecule is CNC1CCCN(CC(=O)N2c3ccc(S(N)(=O)=O)cc3CC2C)C1. The van der Waals surface area contributed by atoms with Crippen LogP contribution >= 0.6 is 0 Å². The van der Waals surface area contributed by atoms with Crippen LogP contribution in [0.2, 0.25) is 0 Å². The van der Waals surface area contributed by atoms with Crippen molar-refractivity contribution in [2.75, 3.05) is 31.6 Å². The lowest BCUT2D eigenvalue weighted by molar-refractivity contribution is -0.120. The number of hydrogen-bond donors (Lipinski definition) is 2. The molecule has 0 bridgehead atoms. The third kappa shape index (κ3) is 3.87. The number of carbonyl (C=O) groups excluding carboxylic acids is 1. The van der Waals surface area contributed by atoms with E-state index in [1.54, 1.807) is 17.0 Å². The van der Waals surface area contributed by atoms with Crippen LogP contribution in [0.1, 0.15) is 25.3 Å².